The van der Waals surface area contributed by atoms with Gasteiger partial charge in [-0.1, -0.05) is 13.8 Å². The Bertz CT molecular complexity index is 323. The summed E-state index contributed by atoms with van der Waals surface area (Å²) >= 11 is 0. The van der Waals surface area contributed by atoms with Crippen LogP contribution in [0.2, 0.25) is 0 Å². The molecule has 0 saturated heterocycles. The van der Waals surface area contributed by atoms with Gasteiger partial charge in [-0.25, -0.2) is 9.78 Å². The van der Waals surface area contributed by atoms with Crippen LogP contribution in [0.5, 0.6) is 5.88 Å². The van der Waals surface area contributed by atoms with Crippen LogP contribution in [0.4, 0.5) is 0 Å². The highest BCUT2D eigenvalue weighted by Crippen LogP contribution is 2.14. The number of carbonyl (C=O) groups excluding carboxylic acids is 1. The van der Waals surface area contributed by atoms with Crippen molar-refractivity contribution in [1.82, 2.24) is 4.98 Å². The second kappa shape index (κ2) is 4.60. The zero-order chi connectivity index (χ0) is 10.6. The van der Waals surface area contributed by atoms with Crippen LogP contribution >= 0.6 is 0 Å². The summed E-state index contributed by atoms with van der Waals surface area (Å²) in [5, 5.41) is 11.1. The minimum absolute atomic E-state index is 0.00634. The van der Waals surface area contributed by atoms with E-state index in [4.69, 9.17) is 4.74 Å². The number of rotatable bonds is 3. The fraction of sp³-hybridized carbons (Fsp3) is 0.400. The minimum atomic E-state index is -0.600. The summed E-state index contributed by atoms with van der Waals surface area (Å²) in [6, 6.07) is 2.95. The lowest BCUT2D eigenvalue weighted by atomic mass is 10.2. The van der Waals surface area contributed by atoms with Crippen LogP contribution < -0.4 is 0 Å². The summed E-state index contributed by atoms with van der Waals surface area (Å²) < 4.78 is 4.89. The van der Waals surface area contributed by atoms with Gasteiger partial charge < -0.3 is 4.74 Å². The molecule has 0 N–H and O–H groups in total. The summed E-state index contributed by atoms with van der Waals surface area (Å²) in [6.45, 7) is 4.16. The van der Waals surface area contributed by atoms with Gasteiger partial charge in [0.25, 0.3) is 5.88 Å². The molecule has 0 aromatic carbocycles. The van der Waals surface area contributed by atoms with E-state index in [-0.39, 0.29) is 11.5 Å². The Hall–Kier alpha value is -1.58. The lowest BCUT2D eigenvalue weighted by Crippen LogP contribution is -2.10. The Morgan fingerprint density at radius 2 is 2.29 bits per heavy atom. The largest absolute Gasteiger partial charge is 0.462 e. The van der Waals surface area contributed by atoms with E-state index in [1.807, 2.05) is 13.8 Å². The molecular weight excluding hydrogens is 182 g/mol. The predicted molar refractivity (Wildman–Crippen MR) is 49.5 cm³/mol. The molecule has 0 saturated carbocycles. The number of hydrogen-bond acceptors (Lipinski definition) is 3. The number of nitrogens with zero attached hydrogens (tertiary/aromatic N) is 1. The SMILES string of the molecule is CC(C)COC(=O)c1cccnc1[O]. The van der Waals surface area contributed by atoms with E-state index >= 15 is 0 Å². The average molecular weight is 194 g/mol. The van der Waals surface area contributed by atoms with Crippen LogP contribution in [-0.4, -0.2) is 17.6 Å². The van der Waals surface area contributed by atoms with Gasteiger partial charge >= 0.3 is 5.97 Å². The van der Waals surface area contributed by atoms with E-state index in [1.165, 1.54) is 18.3 Å². The fourth-order valence-electron chi connectivity index (χ4n) is 0.866. The molecule has 0 aliphatic rings. The number of esters is 1. The van der Waals surface area contributed by atoms with Crippen molar-refractivity contribution in [3.8, 4) is 5.88 Å². The third-order valence-electron chi connectivity index (χ3n) is 1.54. The molecule has 0 spiro atoms. The van der Waals surface area contributed by atoms with Gasteiger partial charge in [-0.3, -0.25) is 5.11 Å². The smallest absolute Gasteiger partial charge is 0.343 e. The molecule has 0 atom stereocenters. The van der Waals surface area contributed by atoms with Gasteiger partial charge in [0.15, 0.2) is 0 Å². The number of hydrogen-bond donors (Lipinski definition) is 0. The van der Waals surface area contributed by atoms with Gasteiger partial charge in [-0.2, -0.15) is 0 Å². The second-order valence-corrected chi connectivity index (χ2v) is 3.35. The van der Waals surface area contributed by atoms with E-state index in [9.17, 15) is 9.90 Å². The second-order valence-electron chi connectivity index (χ2n) is 3.35. The average Bonchev–Trinajstić information content (AvgIpc) is 2.15. The molecule has 1 radical (unpaired) electrons. The van der Waals surface area contributed by atoms with Crippen LogP contribution in [0.15, 0.2) is 18.3 Å². The highest BCUT2D eigenvalue weighted by Gasteiger charge is 2.14. The van der Waals surface area contributed by atoms with Crippen molar-refractivity contribution in [2.24, 2.45) is 5.92 Å². The van der Waals surface area contributed by atoms with Crippen molar-refractivity contribution >= 4 is 5.97 Å². The van der Waals surface area contributed by atoms with Gasteiger partial charge in [0.05, 0.1) is 6.61 Å². The first kappa shape index (κ1) is 10.5. The van der Waals surface area contributed by atoms with Crippen LogP contribution in [0.3, 0.4) is 0 Å². The number of aromatic nitrogens is 1. The normalized spacial score (nSPS) is 10.2. The van der Waals surface area contributed by atoms with E-state index in [0.29, 0.717) is 6.61 Å². The molecule has 1 aromatic rings. The predicted octanol–water partition coefficient (Wildman–Crippen LogP) is 2.04. The van der Waals surface area contributed by atoms with Crippen molar-refractivity contribution in [3.63, 3.8) is 0 Å². The van der Waals surface area contributed by atoms with Crippen LogP contribution in [0.1, 0.15) is 24.2 Å². The van der Waals surface area contributed by atoms with Crippen molar-refractivity contribution < 1.29 is 14.6 Å². The third-order valence-corrected chi connectivity index (χ3v) is 1.54. The molecule has 0 fully saturated rings. The number of ether oxygens (including phenoxy) is 1. The summed E-state index contributed by atoms with van der Waals surface area (Å²) in [5.41, 5.74) is -0.00634. The first-order valence-corrected chi connectivity index (χ1v) is 4.40. The molecule has 1 heterocycles. The molecule has 1 aromatic heterocycles. The Morgan fingerprint density at radius 1 is 1.57 bits per heavy atom. The highest BCUT2D eigenvalue weighted by molar-refractivity contribution is 5.91. The maximum atomic E-state index is 11.3. The quantitative estimate of drug-likeness (QED) is 0.692. The molecule has 75 valence electrons. The Morgan fingerprint density at radius 3 is 2.86 bits per heavy atom. The Balaban J connectivity index is 2.65. The Kier molecular flexibility index (Phi) is 3.45. The van der Waals surface area contributed by atoms with Crippen LogP contribution in [0.25, 0.3) is 0 Å². The lowest BCUT2D eigenvalue weighted by molar-refractivity contribution is 0.0452. The molecule has 0 amide bonds. The molecule has 4 nitrogen and oxygen atoms in total. The summed E-state index contributed by atoms with van der Waals surface area (Å²) in [6.07, 6.45) is 1.35. The zero-order valence-electron chi connectivity index (χ0n) is 8.19. The Labute approximate surface area is 82.5 Å². The van der Waals surface area contributed by atoms with E-state index in [1.54, 1.807) is 0 Å². The first-order valence-electron chi connectivity index (χ1n) is 4.40. The molecule has 0 aliphatic carbocycles. The molecule has 0 aliphatic heterocycles. The highest BCUT2D eigenvalue weighted by atomic mass is 16.5. The van der Waals surface area contributed by atoms with Crippen molar-refractivity contribution in [3.05, 3.63) is 23.9 Å². The summed E-state index contributed by atoms with van der Waals surface area (Å²) in [5.74, 6) is -0.885. The van der Waals surface area contributed by atoms with Crippen LogP contribution in [-0.2, 0) is 9.84 Å². The van der Waals surface area contributed by atoms with E-state index < -0.39 is 11.8 Å². The number of carbonyl (C=O) groups is 1. The van der Waals surface area contributed by atoms with Crippen molar-refractivity contribution in [1.29, 1.82) is 0 Å². The standard InChI is InChI=1S/C10H12NO3/c1-7(2)6-14-10(13)8-4-3-5-11-9(8)12/h3-5,7H,6H2,1-2H3. The van der Waals surface area contributed by atoms with Crippen molar-refractivity contribution in [2.75, 3.05) is 6.61 Å². The topological polar surface area (TPSA) is 59.1 Å². The zero-order valence-corrected chi connectivity index (χ0v) is 8.19. The van der Waals surface area contributed by atoms with E-state index in [2.05, 4.69) is 4.98 Å². The molecule has 14 heavy (non-hydrogen) atoms. The minimum Gasteiger partial charge on any atom is -0.462 e. The van der Waals surface area contributed by atoms with E-state index in [0.717, 1.165) is 0 Å². The van der Waals surface area contributed by atoms with Gasteiger partial charge in [0.1, 0.15) is 5.56 Å². The monoisotopic (exact) mass is 194 g/mol. The van der Waals surface area contributed by atoms with Crippen LogP contribution in [0, 0.1) is 5.92 Å². The van der Waals surface area contributed by atoms with Gasteiger partial charge in [-0.05, 0) is 18.1 Å². The van der Waals surface area contributed by atoms with Crippen molar-refractivity contribution in [2.45, 2.75) is 13.8 Å². The maximum Gasteiger partial charge on any atom is 0.343 e. The number of pyridine rings is 1. The maximum absolute atomic E-state index is 11.3. The lowest BCUT2D eigenvalue weighted by Gasteiger charge is -2.06. The summed E-state index contributed by atoms with van der Waals surface area (Å²) in [4.78, 5) is 14.8. The summed E-state index contributed by atoms with van der Waals surface area (Å²) in [7, 11) is 0. The fourth-order valence-corrected chi connectivity index (χ4v) is 0.866. The molecule has 4 heteroatoms. The first-order chi connectivity index (χ1) is 6.61. The van der Waals surface area contributed by atoms with Gasteiger partial charge in [-0.15, -0.1) is 0 Å². The molecule has 0 bridgehead atoms. The molecule has 0 unspecified atom stereocenters. The van der Waals surface area contributed by atoms with Gasteiger partial charge in [0.2, 0.25) is 0 Å². The van der Waals surface area contributed by atoms with Gasteiger partial charge in [0, 0.05) is 6.20 Å². The third kappa shape index (κ3) is 2.73. The molecule has 1 rings (SSSR count). The molecular formula is C10H12NO3.